The number of anilines is 1. The first kappa shape index (κ1) is 11.1. The number of aromatic nitrogens is 2. The average molecular weight is 319 g/mol. The van der Waals surface area contributed by atoms with E-state index in [0.717, 1.165) is 28.4 Å². The van der Waals surface area contributed by atoms with Crippen LogP contribution in [-0.4, -0.2) is 34.3 Å². The lowest BCUT2D eigenvalue weighted by molar-refractivity contribution is 0.107. The SMILES string of the molecule is Cc1nc(I)cc(N2CC(C(C)O)C2)n1. The Hall–Kier alpha value is -0.430. The molecule has 5 heteroatoms. The minimum atomic E-state index is -0.219. The summed E-state index contributed by atoms with van der Waals surface area (Å²) in [5, 5.41) is 9.39. The maximum Gasteiger partial charge on any atom is 0.133 e. The van der Waals surface area contributed by atoms with Gasteiger partial charge in [-0.05, 0) is 36.4 Å². The molecule has 0 aromatic carbocycles. The summed E-state index contributed by atoms with van der Waals surface area (Å²) in [7, 11) is 0. The molecule has 1 fully saturated rings. The third-order valence-corrected chi connectivity index (χ3v) is 3.26. The Labute approximate surface area is 103 Å². The molecule has 0 amide bonds. The molecule has 2 heterocycles. The van der Waals surface area contributed by atoms with Crippen LogP contribution in [-0.2, 0) is 0 Å². The number of nitrogens with zero attached hydrogens (tertiary/aromatic N) is 3. The maximum atomic E-state index is 9.39. The summed E-state index contributed by atoms with van der Waals surface area (Å²) in [4.78, 5) is 10.8. The number of hydrogen-bond donors (Lipinski definition) is 1. The van der Waals surface area contributed by atoms with E-state index in [2.05, 4.69) is 37.5 Å². The second kappa shape index (κ2) is 4.21. The molecule has 4 nitrogen and oxygen atoms in total. The zero-order valence-corrected chi connectivity index (χ0v) is 11.0. The molecule has 1 aliphatic rings. The molecule has 15 heavy (non-hydrogen) atoms. The van der Waals surface area contributed by atoms with E-state index in [1.54, 1.807) is 0 Å². The number of aryl methyl sites for hydroxylation is 1. The van der Waals surface area contributed by atoms with Crippen molar-refractivity contribution < 1.29 is 5.11 Å². The molecule has 0 bridgehead atoms. The molecule has 1 atom stereocenters. The number of halogens is 1. The van der Waals surface area contributed by atoms with E-state index in [4.69, 9.17) is 0 Å². The Kier molecular flexibility index (Phi) is 3.11. The van der Waals surface area contributed by atoms with Crippen LogP contribution < -0.4 is 4.90 Å². The lowest BCUT2D eigenvalue weighted by Gasteiger charge is -2.41. The van der Waals surface area contributed by atoms with Crippen LogP contribution in [0.4, 0.5) is 5.82 Å². The highest BCUT2D eigenvalue weighted by Crippen LogP contribution is 2.25. The summed E-state index contributed by atoms with van der Waals surface area (Å²) in [6.07, 6.45) is -0.219. The monoisotopic (exact) mass is 319 g/mol. The van der Waals surface area contributed by atoms with Gasteiger partial charge in [-0.1, -0.05) is 0 Å². The van der Waals surface area contributed by atoms with Gasteiger partial charge in [0.25, 0.3) is 0 Å². The summed E-state index contributed by atoms with van der Waals surface area (Å²) < 4.78 is 0.968. The Balaban J connectivity index is 2.06. The van der Waals surface area contributed by atoms with Crippen molar-refractivity contribution in [3.8, 4) is 0 Å². The second-order valence-corrected chi connectivity index (χ2v) is 5.11. The summed E-state index contributed by atoms with van der Waals surface area (Å²) in [5.74, 6) is 2.17. The molecule has 0 saturated carbocycles. The van der Waals surface area contributed by atoms with E-state index in [-0.39, 0.29) is 6.10 Å². The normalized spacial score (nSPS) is 18.8. The van der Waals surface area contributed by atoms with Crippen molar-refractivity contribution in [2.75, 3.05) is 18.0 Å². The van der Waals surface area contributed by atoms with Crippen LogP contribution >= 0.6 is 22.6 Å². The Morgan fingerprint density at radius 1 is 1.53 bits per heavy atom. The standard InChI is InChI=1S/C10H14IN3O/c1-6(15)8-4-14(5-8)10-3-9(11)12-7(2)13-10/h3,6,8,15H,4-5H2,1-2H3. The fourth-order valence-electron chi connectivity index (χ4n) is 1.68. The van der Waals surface area contributed by atoms with E-state index in [1.807, 2.05) is 19.9 Å². The van der Waals surface area contributed by atoms with Gasteiger partial charge in [0.15, 0.2) is 0 Å². The summed E-state index contributed by atoms with van der Waals surface area (Å²) in [6.45, 7) is 5.53. The van der Waals surface area contributed by atoms with Crippen LogP contribution in [0.1, 0.15) is 12.7 Å². The summed E-state index contributed by atoms with van der Waals surface area (Å²) >= 11 is 2.20. The van der Waals surface area contributed by atoms with Crippen LogP contribution in [0, 0.1) is 16.5 Å². The quantitative estimate of drug-likeness (QED) is 0.657. The molecular weight excluding hydrogens is 305 g/mol. The first-order valence-electron chi connectivity index (χ1n) is 5.00. The fraction of sp³-hybridized carbons (Fsp3) is 0.600. The molecule has 1 N–H and O–H groups in total. The van der Waals surface area contributed by atoms with E-state index < -0.39 is 0 Å². The minimum absolute atomic E-state index is 0.219. The lowest BCUT2D eigenvalue weighted by atomic mass is 9.95. The van der Waals surface area contributed by atoms with Crippen molar-refractivity contribution in [3.63, 3.8) is 0 Å². The first-order valence-corrected chi connectivity index (χ1v) is 6.08. The number of aliphatic hydroxyl groups is 1. The Morgan fingerprint density at radius 2 is 2.20 bits per heavy atom. The summed E-state index contributed by atoms with van der Waals surface area (Å²) in [6, 6.07) is 1.98. The van der Waals surface area contributed by atoms with Crippen LogP contribution in [0.2, 0.25) is 0 Å². The van der Waals surface area contributed by atoms with Crippen molar-refractivity contribution >= 4 is 28.4 Å². The van der Waals surface area contributed by atoms with Gasteiger partial charge in [0.1, 0.15) is 15.3 Å². The smallest absolute Gasteiger partial charge is 0.133 e. The van der Waals surface area contributed by atoms with Crippen LogP contribution in [0.3, 0.4) is 0 Å². The van der Waals surface area contributed by atoms with Crippen molar-refractivity contribution in [2.24, 2.45) is 5.92 Å². The van der Waals surface area contributed by atoms with Gasteiger partial charge >= 0.3 is 0 Å². The van der Waals surface area contributed by atoms with E-state index in [1.165, 1.54) is 0 Å². The predicted octanol–water partition coefficient (Wildman–Crippen LogP) is 1.21. The third kappa shape index (κ3) is 2.39. The molecule has 0 spiro atoms. The van der Waals surface area contributed by atoms with Gasteiger partial charge in [-0.2, -0.15) is 0 Å². The zero-order chi connectivity index (χ0) is 11.0. The molecule has 1 saturated heterocycles. The van der Waals surface area contributed by atoms with Crippen molar-refractivity contribution in [1.29, 1.82) is 0 Å². The van der Waals surface area contributed by atoms with Crippen LogP contribution in [0.15, 0.2) is 6.07 Å². The molecule has 0 aliphatic carbocycles. The Morgan fingerprint density at radius 3 is 2.73 bits per heavy atom. The fourth-order valence-corrected chi connectivity index (χ4v) is 2.31. The molecule has 2 rings (SSSR count). The molecule has 1 unspecified atom stereocenters. The number of hydrogen-bond acceptors (Lipinski definition) is 4. The van der Waals surface area contributed by atoms with Gasteiger partial charge in [-0.15, -0.1) is 0 Å². The highest BCUT2D eigenvalue weighted by Gasteiger charge is 2.31. The summed E-state index contributed by atoms with van der Waals surface area (Å²) in [5.41, 5.74) is 0. The van der Waals surface area contributed by atoms with Crippen LogP contribution in [0.25, 0.3) is 0 Å². The number of rotatable bonds is 2. The van der Waals surface area contributed by atoms with Crippen LogP contribution in [0.5, 0.6) is 0 Å². The van der Waals surface area contributed by atoms with Gasteiger partial charge in [-0.25, -0.2) is 9.97 Å². The highest BCUT2D eigenvalue weighted by molar-refractivity contribution is 14.1. The van der Waals surface area contributed by atoms with Crippen molar-refractivity contribution in [2.45, 2.75) is 20.0 Å². The average Bonchev–Trinajstić information content (AvgIpc) is 1.97. The predicted molar refractivity (Wildman–Crippen MR) is 66.9 cm³/mol. The van der Waals surface area contributed by atoms with Gasteiger partial charge in [0.2, 0.25) is 0 Å². The second-order valence-electron chi connectivity index (χ2n) is 4.00. The Bertz CT molecular complexity index is 343. The third-order valence-electron chi connectivity index (χ3n) is 2.71. The topological polar surface area (TPSA) is 49.2 Å². The molecule has 0 radical (unpaired) electrons. The van der Waals surface area contributed by atoms with Gasteiger partial charge in [0.05, 0.1) is 6.10 Å². The number of aliphatic hydroxyl groups excluding tert-OH is 1. The lowest BCUT2D eigenvalue weighted by Crippen LogP contribution is -2.51. The van der Waals surface area contributed by atoms with Gasteiger partial charge in [0, 0.05) is 25.1 Å². The van der Waals surface area contributed by atoms with Gasteiger partial charge in [-0.3, -0.25) is 0 Å². The van der Waals surface area contributed by atoms with Crippen molar-refractivity contribution in [1.82, 2.24) is 9.97 Å². The molecule has 1 aromatic rings. The molecule has 1 aromatic heterocycles. The molecule has 82 valence electrons. The van der Waals surface area contributed by atoms with E-state index in [9.17, 15) is 5.11 Å². The largest absolute Gasteiger partial charge is 0.393 e. The maximum absolute atomic E-state index is 9.39. The minimum Gasteiger partial charge on any atom is -0.393 e. The molecule has 1 aliphatic heterocycles. The van der Waals surface area contributed by atoms with E-state index >= 15 is 0 Å². The molecular formula is C10H14IN3O. The van der Waals surface area contributed by atoms with Gasteiger partial charge < -0.3 is 10.0 Å². The zero-order valence-electron chi connectivity index (χ0n) is 8.81. The first-order chi connectivity index (χ1) is 7.06. The van der Waals surface area contributed by atoms with Crippen molar-refractivity contribution in [3.05, 3.63) is 15.6 Å². The van der Waals surface area contributed by atoms with E-state index in [0.29, 0.717) is 5.92 Å². The highest BCUT2D eigenvalue weighted by atomic mass is 127.